The molecule has 0 aliphatic carbocycles. The number of aromatic nitrogens is 2. The average molecular weight is 451 g/mol. The van der Waals surface area contributed by atoms with Gasteiger partial charge in [-0.15, -0.1) is 0 Å². The number of nitrogens with zero attached hydrogens (tertiary/aromatic N) is 2. The number of aromatic amines is 1. The third kappa shape index (κ3) is 4.62. The van der Waals surface area contributed by atoms with E-state index < -0.39 is 23.6 Å². The average Bonchev–Trinajstić information content (AvgIpc) is 3.10. The van der Waals surface area contributed by atoms with Crippen molar-refractivity contribution >= 4 is 34.1 Å². The van der Waals surface area contributed by atoms with Gasteiger partial charge in [0, 0.05) is 50.2 Å². The van der Waals surface area contributed by atoms with Crippen LogP contribution in [0.4, 0.5) is 39.5 Å². The minimum absolute atomic E-state index is 0.142. The zero-order valence-corrected chi connectivity index (χ0v) is 16.9. The summed E-state index contributed by atoms with van der Waals surface area (Å²) in [6.45, 7) is 0.110. The Bertz CT molecular complexity index is 1140. The van der Waals surface area contributed by atoms with Crippen molar-refractivity contribution in [1.82, 2.24) is 9.97 Å². The molecule has 32 heavy (non-hydrogen) atoms. The van der Waals surface area contributed by atoms with Crippen molar-refractivity contribution in [2.75, 3.05) is 35.2 Å². The van der Waals surface area contributed by atoms with Gasteiger partial charge >= 0.3 is 6.03 Å². The number of rotatable bonds is 5. The van der Waals surface area contributed by atoms with Gasteiger partial charge in [0.15, 0.2) is 11.6 Å². The maximum absolute atomic E-state index is 13.5. The molecule has 3 aromatic rings. The predicted molar refractivity (Wildman–Crippen MR) is 112 cm³/mol. The summed E-state index contributed by atoms with van der Waals surface area (Å²) in [6.07, 6.45) is 2.50. The normalized spacial score (nSPS) is 15.7. The van der Waals surface area contributed by atoms with E-state index in [-0.39, 0.29) is 44.6 Å². The molecule has 0 atom stereocenters. The first-order valence-electron chi connectivity index (χ1n) is 10.0. The van der Waals surface area contributed by atoms with Crippen LogP contribution < -0.4 is 15.5 Å². The van der Waals surface area contributed by atoms with E-state index in [2.05, 4.69) is 20.6 Å². The standard InChI is InChI=1S/C21H21F4N5O2/c22-15-8-14-17(9-16(15)23)26-11-18(14)29-20(32)28-13-7-12(1-6-31)19(27-10-13)30-4-2-21(24,25)3-5-30/h7-11,26,31H,1-6H2,(H2,28,29,32). The Balaban J connectivity index is 1.49. The van der Waals surface area contributed by atoms with Crippen LogP contribution in [0.1, 0.15) is 18.4 Å². The summed E-state index contributed by atoms with van der Waals surface area (Å²) in [5, 5.41) is 14.8. The van der Waals surface area contributed by atoms with Gasteiger partial charge in [-0.25, -0.2) is 27.3 Å². The fourth-order valence-corrected chi connectivity index (χ4v) is 3.71. The molecule has 0 saturated carbocycles. The molecule has 0 bridgehead atoms. The lowest BCUT2D eigenvalue weighted by molar-refractivity contribution is -0.0221. The van der Waals surface area contributed by atoms with Crippen LogP contribution in [0.25, 0.3) is 10.9 Å². The number of benzene rings is 1. The fourth-order valence-electron chi connectivity index (χ4n) is 3.71. The number of halogens is 4. The monoisotopic (exact) mass is 451 g/mol. The molecule has 0 radical (unpaired) electrons. The highest BCUT2D eigenvalue weighted by atomic mass is 19.3. The van der Waals surface area contributed by atoms with Crippen LogP contribution in [-0.2, 0) is 6.42 Å². The molecule has 0 unspecified atom stereocenters. The van der Waals surface area contributed by atoms with Crippen molar-refractivity contribution in [3.8, 4) is 0 Å². The summed E-state index contributed by atoms with van der Waals surface area (Å²) in [4.78, 5) is 21.2. The first-order valence-corrected chi connectivity index (χ1v) is 10.0. The molecule has 1 aliphatic heterocycles. The van der Waals surface area contributed by atoms with Crippen LogP contribution in [0.2, 0.25) is 0 Å². The maximum atomic E-state index is 13.5. The molecular weight excluding hydrogens is 430 g/mol. The fraction of sp³-hybridized carbons (Fsp3) is 0.333. The minimum atomic E-state index is -2.69. The zero-order valence-electron chi connectivity index (χ0n) is 16.9. The summed E-state index contributed by atoms with van der Waals surface area (Å²) in [5.74, 6) is -4.24. The van der Waals surface area contributed by atoms with Gasteiger partial charge < -0.3 is 25.6 Å². The Morgan fingerprint density at radius 2 is 1.88 bits per heavy atom. The number of carbonyl (C=O) groups is 1. The molecule has 1 aliphatic rings. The third-order valence-corrected chi connectivity index (χ3v) is 5.35. The van der Waals surface area contributed by atoms with E-state index in [1.165, 1.54) is 12.4 Å². The summed E-state index contributed by atoms with van der Waals surface area (Å²) < 4.78 is 53.8. The van der Waals surface area contributed by atoms with Crippen LogP contribution in [0.15, 0.2) is 30.6 Å². The van der Waals surface area contributed by atoms with Gasteiger partial charge in [-0.05, 0) is 24.1 Å². The number of pyridine rings is 1. The molecule has 0 spiro atoms. The number of H-pyrrole nitrogens is 1. The molecule has 1 fully saturated rings. The number of alkyl halides is 2. The van der Waals surface area contributed by atoms with Gasteiger partial charge in [0.2, 0.25) is 0 Å². The molecule has 2 amide bonds. The van der Waals surface area contributed by atoms with Crippen LogP contribution in [-0.4, -0.2) is 46.7 Å². The van der Waals surface area contributed by atoms with Crippen molar-refractivity contribution in [3.05, 3.63) is 47.8 Å². The van der Waals surface area contributed by atoms with E-state index in [1.54, 1.807) is 11.0 Å². The van der Waals surface area contributed by atoms with E-state index in [0.717, 1.165) is 12.1 Å². The highest BCUT2D eigenvalue weighted by Crippen LogP contribution is 2.32. The molecule has 7 nitrogen and oxygen atoms in total. The largest absolute Gasteiger partial charge is 0.396 e. The van der Waals surface area contributed by atoms with Gasteiger partial charge in [0.1, 0.15) is 5.82 Å². The molecular formula is C21H21F4N5O2. The highest BCUT2D eigenvalue weighted by molar-refractivity contribution is 6.05. The van der Waals surface area contributed by atoms with Crippen molar-refractivity contribution in [3.63, 3.8) is 0 Å². The smallest absolute Gasteiger partial charge is 0.323 e. The van der Waals surface area contributed by atoms with Crippen molar-refractivity contribution in [2.45, 2.75) is 25.2 Å². The van der Waals surface area contributed by atoms with E-state index in [1.807, 2.05) is 0 Å². The Kier molecular flexibility index (Phi) is 5.92. The molecule has 3 heterocycles. The molecule has 170 valence electrons. The van der Waals surface area contributed by atoms with Gasteiger partial charge in [-0.3, -0.25) is 0 Å². The molecule has 11 heteroatoms. The zero-order chi connectivity index (χ0) is 22.9. The SMILES string of the molecule is O=C(Nc1cnc(N2CCC(F)(F)CC2)c(CCO)c1)Nc1c[nH]c2cc(F)c(F)cc12. The molecule has 4 rings (SSSR count). The number of hydrogen-bond donors (Lipinski definition) is 4. The second-order valence-electron chi connectivity index (χ2n) is 7.62. The Morgan fingerprint density at radius 1 is 1.16 bits per heavy atom. The number of aliphatic hydroxyl groups excluding tert-OH is 1. The number of nitrogens with one attached hydrogen (secondary N) is 3. The number of carbonyl (C=O) groups excluding carboxylic acids is 1. The second kappa shape index (κ2) is 8.65. The Morgan fingerprint density at radius 3 is 2.59 bits per heavy atom. The van der Waals surface area contributed by atoms with Gasteiger partial charge in [0.25, 0.3) is 5.92 Å². The number of anilines is 3. The summed E-state index contributed by atoms with van der Waals surface area (Å²) >= 11 is 0. The first kappa shape index (κ1) is 21.9. The van der Waals surface area contributed by atoms with E-state index in [9.17, 15) is 27.5 Å². The van der Waals surface area contributed by atoms with Crippen LogP contribution in [0, 0.1) is 11.6 Å². The summed E-state index contributed by atoms with van der Waals surface area (Å²) in [7, 11) is 0. The lowest BCUT2D eigenvalue weighted by atomic mass is 10.1. The molecule has 2 aromatic heterocycles. The van der Waals surface area contributed by atoms with E-state index in [4.69, 9.17) is 0 Å². The lowest BCUT2D eigenvalue weighted by Crippen LogP contribution is -2.40. The second-order valence-corrected chi connectivity index (χ2v) is 7.62. The number of urea groups is 1. The lowest BCUT2D eigenvalue weighted by Gasteiger charge is -2.33. The number of amides is 2. The Labute approximate surface area is 180 Å². The van der Waals surface area contributed by atoms with E-state index in [0.29, 0.717) is 28.0 Å². The van der Waals surface area contributed by atoms with Crippen molar-refractivity contribution < 1.29 is 27.5 Å². The number of aliphatic hydroxyl groups is 1. The van der Waals surface area contributed by atoms with Gasteiger partial charge in [0.05, 0.1) is 23.1 Å². The van der Waals surface area contributed by atoms with Crippen molar-refractivity contribution in [2.24, 2.45) is 0 Å². The minimum Gasteiger partial charge on any atom is -0.396 e. The highest BCUT2D eigenvalue weighted by Gasteiger charge is 2.35. The molecule has 1 saturated heterocycles. The van der Waals surface area contributed by atoms with Crippen molar-refractivity contribution in [1.29, 1.82) is 0 Å². The van der Waals surface area contributed by atoms with Gasteiger partial charge in [-0.2, -0.15) is 0 Å². The van der Waals surface area contributed by atoms with E-state index >= 15 is 0 Å². The third-order valence-electron chi connectivity index (χ3n) is 5.35. The quantitative estimate of drug-likeness (QED) is 0.436. The van der Waals surface area contributed by atoms with Crippen LogP contribution in [0.5, 0.6) is 0 Å². The number of fused-ring (bicyclic) bond motifs is 1. The first-order chi connectivity index (χ1) is 15.3. The van der Waals surface area contributed by atoms with Gasteiger partial charge in [-0.1, -0.05) is 0 Å². The topological polar surface area (TPSA) is 93.3 Å². The van der Waals surface area contributed by atoms with Crippen LogP contribution >= 0.6 is 0 Å². The summed E-state index contributed by atoms with van der Waals surface area (Å²) in [6, 6.07) is 2.95. The summed E-state index contributed by atoms with van der Waals surface area (Å²) in [5.41, 5.74) is 1.52. The molecule has 1 aromatic carbocycles. The molecule has 4 N–H and O–H groups in total. The Hall–Kier alpha value is -3.34. The number of piperidine rings is 1. The van der Waals surface area contributed by atoms with Crippen LogP contribution in [0.3, 0.4) is 0 Å². The predicted octanol–water partition coefficient (Wildman–Crippen LogP) is 4.26. The maximum Gasteiger partial charge on any atom is 0.323 e. The number of hydrogen-bond acceptors (Lipinski definition) is 4.